The zero-order valence-electron chi connectivity index (χ0n) is 12.0. The first-order valence-electron chi connectivity index (χ1n) is 7.70. The topological polar surface area (TPSA) is 25.2 Å². The Balaban J connectivity index is 1.86. The van der Waals surface area contributed by atoms with Crippen molar-refractivity contribution in [3.05, 3.63) is 35.0 Å². The van der Waals surface area contributed by atoms with Crippen LogP contribution in [-0.2, 0) is 0 Å². The molecule has 2 atom stereocenters. The van der Waals surface area contributed by atoms with E-state index in [1.807, 2.05) is 18.2 Å². The van der Waals surface area contributed by atoms with Gasteiger partial charge in [-0.1, -0.05) is 31.4 Å². The summed E-state index contributed by atoms with van der Waals surface area (Å²) < 4.78 is 6.07. The van der Waals surface area contributed by atoms with Gasteiger partial charge in [-0.15, -0.1) is 0 Å². The molecule has 2 nitrogen and oxygen atoms in total. The highest BCUT2D eigenvalue weighted by molar-refractivity contribution is 6.31. The summed E-state index contributed by atoms with van der Waals surface area (Å²) in [6.45, 7) is 3.31. The van der Waals surface area contributed by atoms with Gasteiger partial charge in [0.05, 0.1) is 0 Å². The van der Waals surface area contributed by atoms with E-state index in [0.717, 1.165) is 28.3 Å². The fraction of sp³-hybridized carbons (Fsp3) is 0.529. The summed E-state index contributed by atoms with van der Waals surface area (Å²) in [4.78, 5) is 0. The second kappa shape index (κ2) is 6.19. The van der Waals surface area contributed by atoms with Gasteiger partial charge < -0.3 is 9.73 Å². The Morgan fingerprint density at radius 1 is 1.25 bits per heavy atom. The number of halogens is 1. The Morgan fingerprint density at radius 2 is 2.10 bits per heavy atom. The number of rotatable bonds is 4. The molecule has 0 saturated heterocycles. The van der Waals surface area contributed by atoms with Crippen molar-refractivity contribution in [2.24, 2.45) is 0 Å². The molecule has 1 heterocycles. The van der Waals surface area contributed by atoms with Crippen molar-refractivity contribution in [2.75, 3.05) is 6.54 Å². The smallest absolute Gasteiger partial charge is 0.134 e. The Bertz CT molecular complexity index is 577. The molecule has 2 unspecified atom stereocenters. The second-order valence-corrected chi connectivity index (χ2v) is 6.22. The molecule has 20 heavy (non-hydrogen) atoms. The third kappa shape index (κ3) is 2.87. The number of nitrogens with one attached hydrogen (secondary N) is 1. The molecule has 3 rings (SSSR count). The first kappa shape index (κ1) is 14.0. The molecule has 3 heteroatoms. The van der Waals surface area contributed by atoms with Gasteiger partial charge in [0.15, 0.2) is 0 Å². The van der Waals surface area contributed by atoms with Crippen LogP contribution >= 0.6 is 11.6 Å². The van der Waals surface area contributed by atoms with Gasteiger partial charge >= 0.3 is 0 Å². The van der Waals surface area contributed by atoms with Gasteiger partial charge in [0.25, 0.3) is 0 Å². The molecular weight excluding hydrogens is 270 g/mol. The van der Waals surface area contributed by atoms with Crippen molar-refractivity contribution >= 4 is 22.6 Å². The van der Waals surface area contributed by atoms with E-state index >= 15 is 0 Å². The largest absolute Gasteiger partial charge is 0.461 e. The Hall–Kier alpha value is -0.990. The maximum atomic E-state index is 6.07. The predicted octanol–water partition coefficient (Wildman–Crippen LogP) is 5.11. The van der Waals surface area contributed by atoms with Crippen LogP contribution in [-0.4, -0.2) is 12.6 Å². The molecule has 0 radical (unpaired) electrons. The highest BCUT2D eigenvalue weighted by atomic mass is 35.5. The maximum absolute atomic E-state index is 6.07. The van der Waals surface area contributed by atoms with E-state index in [2.05, 4.69) is 18.3 Å². The molecule has 108 valence electrons. The van der Waals surface area contributed by atoms with Crippen LogP contribution in [0.4, 0.5) is 0 Å². The normalized spacial score (nSPS) is 23.3. The Morgan fingerprint density at radius 3 is 2.95 bits per heavy atom. The van der Waals surface area contributed by atoms with Crippen LogP contribution in [0.25, 0.3) is 11.0 Å². The number of furan rings is 1. The van der Waals surface area contributed by atoms with Gasteiger partial charge in [-0.2, -0.15) is 0 Å². The molecule has 1 fully saturated rings. The van der Waals surface area contributed by atoms with Crippen molar-refractivity contribution in [2.45, 2.75) is 51.0 Å². The van der Waals surface area contributed by atoms with E-state index < -0.39 is 0 Å². The van der Waals surface area contributed by atoms with Gasteiger partial charge in [0, 0.05) is 22.4 Å². The van der Waals surface area contributed by atoms with Crippen molar-refractivity contribution in [1.82, 2.24) is 5.32 Å². The zero-order valence-corrected chi connectivity index (χ0v) is 12.7. The molecule has 0 aliphatic heterocycles. The Labute approximate surface area is 125 Å². The average molecular weight is 292 g/mol. The number of benzene rings is 1. The molecule has 0 spiro atoms. The highest BCUT2D eigenvalue weighted by Crippen LogP contribution is 2.36. The lowest BCUT2D eigenvalue weighted by Crippen LogP contribution is -2.37. The summed E-state index contributed by atoms with van der Waals surface area (Å²) in [5.41, 5.74) is 0.948. The standard InChI is InChI=1S/C17H22ClNO/c1-2-9-19-15-6-4-3-5-14(15)17-11-12-10-13(18)7-8-16(12)20-17/h7-8,10-11,14-15,19H,2-6,9H2,1H3. The van der Waals surface area contributed by atoms with Crippen LogP contribution < -0.4 is 5.32 Å². The zero-order chi connectivity index (χ0) is 13.9. The summed E-state index contributed by atoms with van der Waals surface area (Å²) >= 11 is 6.06. The maximum Gasteiger partial charge on any atom is 0.134 e. The molecule has 1 aromatic heterocycles. The van der Waals surface area contributed by atoms with E-state index in [0.29, 0.717) is 12.0 Å². The Kier molecular flexibility index (Phi) is 4.32. The van der Waals surface area contributed by atoms with Crippen LogP contribution in [0.3, 0.4) is 0 Å². The fourth-order valence-electron chi connectivity index (χ4n) is 3.26. The third-order valence-electron chi connectivity index (χ3n) is 4.29. The lowest BCUT2D eigenvalue weighted by atomic mass is 9.83. The van der Waals surface area contributed by atoms with Crippen LogP contribution in [0.15, 0.2) is 28.7 Å². The van der Waals surface area contributed by atoms with Crippen LogP contribution in [0.2, 0.25) is 5.02 Å². The second-order valence-electron chi connectivity index (χ2n) is 5.78. The van der Waals surface area contributed by atoms with Crippen molar-refractivity contribution < 1.29 is 4.42 Å². The molecule has 2 aromatic rings. The fourth-order valence-corrected chi connectivity index (χ4v) is 3.44. The van der Waals surface area contributed by atoms with E-state index in [9.17, 15) is 0 Å². The predicted molar refractivity (Wildman–Crippen MR) is 84.5 cm³/mol. The van der Waals surface area contributed by atoms with E-state index in [1.165, 1.54) is 32.1 Å². The minimum atomic E-state index is 0.501. The van der Waals surface area contributed by atoms with E-state index in [4.69, 9.17) is 16.0 Å². The van der Waals surface area contributed by atoms with Gasteiger partial charge in [0.2, 0.25) is 0 Å². The summed E-state index contributed by atoms with van der Waals surface area (Å²) in [7, 11) is 0. The summed E-state index contributed by atoms with van der Waals surface area (Å²) in [5, 5.41) is 5.58. The molecule has 0 amide bonds. The van der Waals surface area contributed by atoms with E-state index in [-0.39, 0.29) is 0 Å². The van der Waals surface area contributed by atoms with E-state index in [1.54, 1.807) is 0 Å². The number of hydrogen-bond acceptors (Lipinski definition) is 2. The summed E-state index contributed by atoms with van der Waals surface area (Å²) in [6.07, 6.45) is 6.27. The minimum Gasteiger partial charge on any atom is -0.461 e. The van der Waals surface area contributed by atoms with Crippen molar-refractivity contribution in [3.8, 4) is 0 Å². The third-order valence-corrected chi connectivity index (χ3v) is 4.52. The molecule has 1 saturated carbocycles. The van der Waals surface area contributed by atoms with Gasteiger partial charge in [-0.3, -0.25) is 0 Å². The minimum absolute atomic E-state index is 0.501. The molecule has 1 aromatic carbocycles. The highest BCUT2D eigenvalue weighted by Gasteiger charge is 2.28. The van der Waals surface area contributed by atoms with Crippen LogP contribution in [0.5, 0.6) is 0 Å². The summed E-state index contributed by atoms with van der Waals surface area (Å²) in [6, 6.07) is 8.59. The van der Waals surface area contributed by atoms with Gasteiger partial charge in [0.1, 0.15) is 11.3 Å². The van der Waals surface area contributed by atoms with Crippen LogP contribution in [0, 0.1) is 0 Å². The quantitative estimate of drug-likeness (QED) is 0.846. The molecule has 1 aliphatic rings. The van der Waals surface area contributed by atoms with Gasteiger partial charge in [-0.25, -0.2) is 0 Å². The lowest BCUT2D eigenvalue weighted by Gasteiger charge is -2.31. The lowest BCUT2D eigenvalue weighted by molar-refractivity contribution is 0.297. The number of hydrogen-bond donors (Lipinski definition) is 1. The van der Waals surface area contributed by atoms with Crippen molar-refractivity contribution in [1.29, 1.82) is 0 Å². The molecular formula is C17H22ClNO. The first-order chi connectivity index (χ1) is 9.78. The number of fused-ring (bicyclic) bond motifs is 1. The SMILES string of the molecule is CCCNC1CCCCC1c1cc2cc(Cl)ccc2o1. The monoisotopic (exact) mass is 291 g/mol. The van der Waals surface area contributed by atoms with Crippen molar-refractivity contribution in [3.63, 3.8) is 0 Å². The first-order valence-corrected chi connectivity index (χ1v) is 8.08. The van der Waals surface area contributed by atoms with Gasteiger partial charge in [-0.05, 0) is 50.1 Å². The molecule has 0 bridgehead atoms. The molecule has 1 N–H and O–H groups in total. The summed E-state index contributed by atoms with van der Waals surface area (Å²) in [5.74, 6) is 1.62. The average Bonchev–Trinajstić information content (AvgIpc) is 2.88. The van der Waals surface area contributed by atoms with Crippen LogP contribution in [0.1, 0.15) is 50.7 Å². The molecule has 1 aliphatic carbocycles.